The summed E-state index contributed by atoms with van der Waals surface area (Å²) < 4.78 is 0. The fraction of sp³-hybridized carbons (Fsp3) is 0.444. The van der Waals surface area contributed by atoms with Gasteiger partial charge in [0.25, 0.3) is 0 Å². The highest BCUT2D eigenvalue weighted by molar-refractivity contribution is 5.34. The number of aromatic nitrogens is 1. The number of pyridine rings is 1. The highest BCUT2D eigenvalue weighted by Gasteiger charge is 1.90. The van der Waals surface area contributed by atoms with Crippen LogP contribution in [0.3, 0.4) is 0 Å². The molecular weight excluding hydrogens is 152 g/mol. The first-order chi connectivity index (χ1) is 5.86. The van der Waals surface area contributed by atoms with Crippen LogP contribution in [0.1, 0.15) is 12.6 Å². The lowest BCUT2D eigenvalue weighted by atomic mass is 10.3. The van der Waals surface area contributed by atoms with E-state index in [9.17, 15) is 0 Å². The molecule has 0 saturated carbocycles. The Hall–Kier alpha value is -1.09. The fourth-order valence-corrected chi connectivity index (χ4v) is 0.816. The van der Waals surface area contributed by atoms with E-state index in [-0.39, 0.29) is 0 Å². The van der Waals surface area contributed by atoms with Crippen LogP contribution in [0.15, 0.2) is 18.2 Å². The van der Waals surface area contributed by atoms with Gasteiger partial charge in [-0.2, -0.15) is 0 Å². The summed E-state index contributed by atoms with van der Waals surface area (Å²) in [5, 5.41) is 9.99. The quantitative estimate of drug-likeness (QED) is 0.699. The van der Waals surface area contributed by atoms with Gasteiger partial charge in [-0.15, -0.1) is 0 Å². The van der Waals surface area contributed by atoms with Crippen molar-refractivity contribution in [1.29, 1.82) is 0 Å². The predicted molar refractivity (Wildman–Crippen MR) is 51.3 cm³/mol. The zero-order valence-electron chi connectivity index (χ0n) is 7.83. The van der Waals surface area contributed by atoms with Gasteiger partial charge in [0.1, 0.15) is 5.82 Å². The van der Waals surface area contributed by atoms with E-state index < -0.39 is 0 Å². The molecule has 0 spiro atoms. The number of rotatable bonds is 2. The lowest BCUT2D eigenvalue weighted by molar-refractivity contribution is 0.399. The number of hydrogen-bond acceptors (Lipinski definition) is 3. The molecule has 0 atom stereocenters. The molecule has 0 aliphatic carbocycles. The molecule has 1 aromatic rings. The van der Waals surface area contributed by atoms with Gasteiger partial charge in [-0.1, -0.05) is 13.0 Å². The summed E-state index contributed by atoms with van der Waals surface area (Å²) in [6.45, 7) is 2.10. The van der Waals surface area contributed by atoms with Gasteiger partial charge in [-0.25, -0.2) is 4.98 Å². The zero-order chi connectivity index (χ0) is 9.40. The number of aliphatic hydroxyl groups excluding tert-OH is 1. The third kappa shape index (κ3) is 3.34. The van der Waals surface area contributed by atoms with Crippen molar-refractivity contribution in [2.24, 2.45) is 0 Å². The van der Waals surface area contributed by atoms with Crippen molar-refractivity contribution in [1.82, 2.24) is 4.98 Å². The first-order valence-corrected chi connectivity index (χ1v) is 3.95. The number of anilines is 1. The lowest BCUT2D eigenvalue weighted by Crippen LogP contribution is -1.94. The maximum Gasteiger partial charge on any atom is 0.125 e. The summed E-state index contributed by atoms with van der Waals surface area (Å²) in [7, 11) is 2.88. The van der Waals surface area contributed by atoms with Crippen LogP contribution in [0.25, 0.3) is 0 Å². The number of nitrogens with one attached hydrogen (secondary N) is 1. The Morgan fingerprint density at radius 3 is 2.58 bits per heavy atom. The summed E-state index contributed by atoms with van der Waals surface area (Å²) in [6, 6.07) is 6.00. The van der Waals surface area contributed by atoms with Crippen molar-refractivity contribution in [3.8, 4) is 0 Å². The Morgan fingerprint density at radius 1 is 1.42 bits per heavy atom. The number of aliphatic hydroxyl groups is 1. The second-order valence-corrected chi connectivity index (χ2v) is 2.12. The largest absolute Gasteiger partial charge is 0.400 e. The Kier molecular flexibility index (Phi) is 6.01. The van der Waals surface area contributed by atoms with Gasteiger partial charge in [0.05, 0.1) is 0 Å². The second-order valence-electron chi connectivity index (χ2n) is 2.12. The molecule has 68 valence electrons. The summed E-state index contributed by atoms with van der Waals surface area (Å²) in [5.41, 5.74) is 1.13. The molecule has 3 heteroatoms. The number of hydrogen-bond donors (Lipinski definition) is 2. The van der Waals surface area contributed by atoms with E-state index in [4.69, 9.17) is 5.11 Å². The number of aryl methyl sites for hydroxylation is 1. The summed E-state index contributed by atoms with van der Waals surface area (Å²) >= 11 is 0. The first-order valence-electron chi connectivity index (χ1n) is 3.95. The van der Waals surface area contributed by atoms with Crippen LogP contribution in [0.4, 0.5) is 5.82 Å². The maximum atomic E-state index is 7.00. The van der Waals surface area contributed by atoms with E-state index in [0.717, 1.165) is 25.0 Å². The molecule has 0 bridgehead atoms. The smallest absolute Gasteiger partial charge is 0.125 e. The minimum Gasteiger partial charge on any atom is -0.400 e. The first kappa shape index (κ1) is 10.9. The van der Waals surface area contributed by atoms with Crippen molar-refractivity contribution in [3.05, 3.63) is 23.9 Å². The van der Waals surface area contributed by atoms with Crippen molar-refractivity contribution in [2.45, 2.75) is 13.3 Å². The second kappa shape index (κ2) is 6.61. The molecule has 0 unspecified atom stereocenters. The number of nitrogens with zero attached hydrogens (tertiary/aromatic N) is 1. The van der Waals surface area contributed by atoms with Crippen LogP contribution < -0.4 is 5.32 Å². The van der Waals surface area contributed by atoms with E-state index >= 15 is 0 Å². The molecular formula is C9H16N2O. The SMILES string of the molecule is CCc1cccc(NC)n1.CO. The molecule has 0 aliphatic rings. The van der Waals surface area contributed by atoms with E-state index in [2.05, 4.69) is 17.2 Å². The molecule has 0 amide bonds. The minimum absolute atomic E-state index is 0.944. The third-order valence-electron chi connectivity index (χ3n) is 1.43. The highest BCUT2D eigenvalue weighted by atomic mass is 16.2. The molecule has 12 heavy (non-hydrogen) atoms. The molecule has 0 radical (unpaired) electrons. The predicted octanol–water partition coefficient (Wildman–Crippen LogP) is 1.29. The topological polar surface area (TPSA) is 45.2 Å². The van der Waals surface area contributed by atoms with E-state index in [1.54, 1.807) is 0 Å². The van der Waals surface area contributed by atoms with Crippen LogP contribution in [0.5, 0.6) is 0 Å². The van der Waals surface area contributed by atoms with Crippen LogP contribution >= 0.6 is 0 Å². The fourth-order valence-electron chi connectivity index (χ4n) is 0.816. The molecule has 0 saturated heterocycles. The zero-order valence-corrected chi connectivity index (χ0v) is 7.83. The molecule has 1 aromatic heterocycles. The molecule has 1 heterocycles. The Bertz CT molecular complexity index is 194. The van der Waals surface area contributed by atoms with Gasteiger partial charge in [0.2, 0.25) is 0 Å². The van der Waals surface area contributed by atoms with Crippen LogP contribution in [0, 0.1) is 0 Å². The van der Waals surface area contributed by atoms with Crippen LogP contribution in [-0.4, -0.2) is 24.2 Å². The van der Waals surface area contributed by atoms with Crippen molar-refractivity contribution >= 4 is 5.82 Å². The average Bonchev–Trinajstić information content (AvgIpc) is 2.21. The van der Waals surface area contributed by atoms with Gasteiger partial charge in [-0.05, 0) is 18.6 Å². The third-order valence-corrected chi connectivity index (χ3v) is 1.43. The van der Waals surface area contributed by atoms with Gasteiger partial charge in [-0.3, -0.25) is 0 Å². The molecule has 1 rings (SSSR count). The Balaban J connectivity index is 0.000000561. The van der Waals surface area contributed by atoms with Crippen molar-refractivity contribution < 1.29 is 5.11 Å². The summed E-state index contributed by atoms with van der Waals surface area (Å²) in [4.78, 5) is 4.30. The van der Waals surface area contributed by atoms with Gasteiger partial charge < -0.3 is 10.4 Å². The molecule has 0 aromatic carbocycles. The summed E-state index contributed by atoms with van der Waals surface area (Å²) in [5.74, 6) is 0.944. The monoisotopic (exact) mass is 168 g/mol. The Labute approximate surface area is 73.5 Å². The molecule has 3 nitrogen and oxygen atoms in total. The van der Waals surface area contributed by atoms with Crippen molar-refractivity contribution in [3.63, 3.8) is 0 Å². The highest BCUT2D eigenvalue weighted by Crippen LogP contribution is 2.03. The molecule has 0 fully saturated rings. The van der Waals surface area contributed by atoms with Gasteiger partial charge in [0, 0.05) is 19.9 Å². The van der Waals surface area contributed by atoms with Crippen molar-refractivity contribution in [2.75, 3.05) is 19.5 Å². The average molecular weight is 168 g/mol. The van der Waals surface area contributed by atoms with E-state index in [1.165, 1.54) is 0 Å². The van der Waals surface area contributed by atoms with Gasteiger partial charge >= 0.3 is 0 Å². The van der Waals surface area contributed by atoms with E-state index in [0.29, 0.717) is 0 Å². The lowest BCUT2D eigenvalue weighted by Gasteiger charge is -1.99. The standard InChI is InChI=1S/C8H12N2.CH4O/c1-3-7-5-4-6-8(9-2)10-7;1-2/h4-6H,3H2,1-2H3,(H,9,10);2H,1H3. The minimum atomic E-state index is 0.944. The maximum absolute atomic E-state index is 7.00. The normalized spacial score (nSPS) is 8.33. The molecule has 0 aliphatic heterocycles. The van der Waals surface area contributed by atoms with Crippen LogP contribution in [0.2, 0.25) is 0 Å². The molecule has 2 N–H and O–H groups in total. The van der Waals surface area contributed by atoms with Gasteiger partial charge in [0.15, 0.2) is 0 Å². The van der Waals surface area contributed by atoms with Crippen LogP contribution in [-0.2, 0) is 6.42 Å². The summed E-state index contributed by atoms with van der Waals surface area (Å²) in [6.07, 6.45) is 0.996. The Morgan fingerprint density at radius 2 is 2.08 bits per heavy atom. The van der Waals surface area contributed by atoms with E-state index in [1.807, 2.05) is 25.2 Å².